The molecule has 2 rings (SSSR count). The first-order chi connectivity index (χ1) is 9.69. The van der Waals surface area contributed by atoms with E-state index in [0.29, 0.717) is 11.8 Å². The van der Waals surface area contributed by atoms with Gasteiger partial charge in [-0.2, -0.15) is 0 Å². The van der Waals surface area contributed by atoms with Crippen molar-refractivity contribution in [2.45, 2.75) is 71.3 Å². The monoisotopic (exact) mass is 277 g/mol. The van der Waals surface area contributed by atoms with Gasteiger partial charge in [0.1, 0.15) is 0 Å². The summed E-state index contributed by atoms with van der Waals surface area (Å²) in [6, 6.07) is 0.151. The predicted octanol–water partition coefficient (Wildman–Crippen LogP) is 3.69. The summed E-state index contributed by atoms with van der Waals surface area (Å²) in [5, 5.41) is 0. The standard InChI is InChI=1S/C17H27NO2/c1-3-5-7-13-9-10-15(14(13)8-6-4-2)18-16(19)11-12-17(18)20/h11-15H,3-10H2,1-2H3/t13?,14-,15-/m0/s1. The van der Waals surface area contributed by atoms with E-state index in [1.165, 1.54) is 55.6 Å². The highest BCUT2D eigenvalue weighted by atomic mass is 16.2. The first kappa shape index (κ1) is 15.3. The van der Waals surface area contributed by atoms with Crippen LogP contribution < -0.4 is 0 Å². The Balaban J connectivity index is 2.06. The Morgan fingerprint density at radius 1 is 1.00 bits per heavy atom. The number of amides is 2. The maximum absolute atomic E-state index is 11.9. The number of unbranched alkanes of at least 4 members (excludes halogenated alkanes) is 2. The van der Waals surface area contributed by atoms with Crippen molar-refractivity contribution in [3.05, 3.63) is 12.2 Å². The molecular weight excluding hydrogens is 250 g/mol. The minimum Gasteiger partial charge on any atom is -0.272 e. The summed E-state index contributed by atoms with van der Waals surface area (Å²) in [6.45, 7) is 4.43. The Hall–Kier alpha value is -1.12. The van der Waals surface area contributed by atoms with Gasteiger partial charge in [0, 0.05) is 18.2 Å². The van der Waals surface area contributed by atoms with E-state index < -0.39 is 0 Å². The number of nitrogens with zero attached hydrogens (tertiary/aromatic N) is 1. The van der Waals surface area contributed by atoms with Crippen LogP contribution >= 0.6 is 0 Å². The molecule has 2 aliphatic rings. The summed E-state index contributed by atoms with van der Waals surface area (Å²) < 4.78 is 0. The van der Waals surface area contributed by atoms with Crippen molar-refractivity contribution in [1.82, 2.24) is 4.90 Å². The maximum atomic E-state index is 11.9. The molecule has 0 aromatic carbocycles. The number of hydrogen-bond acceptors (Lipinski definition) is 2. The van der Waals surface area contributed by atoms with Crippen molar-refractivity contribution < 1.29 is 9.59 Å². The lowest BCUT2D eigenvalue weighted by Crippen LogP contribution is -2.43. The maximum Gasteiger partial charge on any atom is 0.253 e. The molecule has 0 radical (unpaired) electrons. The zero-order valence-electron chi connectivity index (χ0n) is 12.8. The van der Waals surface area contributed by atoms with Gasteiger partial charge in [-0.25, -0.2) is 0 Å². The van der Waals surface area contributed by atoms with Crippen molar-refractivity contribution in [1.29, 1.82) is 0 Å². The Morgan fingerprint density at radius 2 is 1.60 bits per heavy atom. The minimum absolute atomic E-state index is 0.0994. The fraction of sp³-hybridized carbons (Fsp3) is 0.765. The SMILES string of the molecule is CCCCC1CC[C@H](N2C(=O)C=CC2=O)[C@H]1CCCC. The second kappa shape index (κ2) is 7.05. The zero-order valence-corrected chi connectivity index (χ0v) is 12.8. The highest BCUT2D eigenvalue weighted by molar-refractivity contribution is 6.13. The van der Waals surface area contributed by atoms with Gasteiger partial charge in [0.2, 0.25) is 0 Å². The van der Waals surface area contributed by atoms with Gasteiger partial charge in [0.25, 0.3) is 11.8 Å². The van der Waals surface area contributed by atoms with E-state index in [1.807, 2.05) is 0 Å². The van der Waals surface area contributed by atoms with Crippen molar-refractivity contribution in [2.75, 3.05) is 0 Å². The number of hydrogen-bond donors (Lipinski definition) is 0. The second-order valence-electron chi connectivity index (χ2n) is 6.23. The summed E-state index contributed by atoms with van der Waals surface area (Å²) in [6.07, 6.45) is 12.3. The summed E-state index contributed by atoms with van der Waals surface area (Å²) in [4.78, 5) is 25.4. The van der Waals surface area contributed by atoms with Crippen LogP contribution in [-0.2, 0) is 9.59 Å². The molecule has 112 valence electrons. The van der Waals surface area contributed by atoms with Crippen LogP contribution in [0.15, 0.2) is 12.2 Å². The molecule has 3 nitrogen and oxygen atoms in total. The summed E-state index contributed by atoms with van der Waals surface area (Å²) in [7, 11) is 0. The first-order valence-electron chi connectivity index (χ1n) is 8.24. The quantitative estimate of drug-likeness (QED) is 0.666. The highest BCUT2D eigenvalue weighted by Crippen LogP contribution is 2.42. The molecule has 2 amide bonds. The smallest absolute Gasteiger partial charge is 0.253 e. The third-order valence-corrected chi connectivity index (χ3v) is 4.93. The van der Waals surface area contributed by atoms with Gasteiger partial charge in [-0.3, -0.25) is 14.5 Å². The number of carbonyl (C=O) groups is 2. The molecule has 1 aliphatic heterocycles. The summed E-state index contributed by atoms with van der Waals surface area (Å²) in [5.41, 5.74) is 0. The Morgan fingerprint density at radius 3 is 2.20 bits per heavy atom. The molecule has 1 fully saturated rings. The second-order valence-corrected chi connectivity index (χ2v) is 6.23. The summed E-state index contributed by atoms with van der Waals surface area (Å²) >= 11 is 0. The molecule has 0 aromatic rings. The Kier molecular flexibility index (Phi) is 5.38. The lowest BCUT2D eigenvalue weighted by molar-refractivity contribution is -0.140. The minimum atomic E-state index is -0.0994. The van der Waals surface area contributed by atoms with E-state index in [4.69, 9.17) is 0 Å². The van der Waals surface area contributed by atoms with Crippen LogP contribution in [0.5, 0.6) is 0 Å². The fourth-order valence-electron chi connectivity index (χ4n) is 3.88. The zero-order chi connectivity index (χ0) is 14.5. The van der Waals surface area contributed by atoms with Crippen molar-refractivity contribution >= 4 is 11.8 Å². The first-order valence-corrected chi connectivity index (χ1v) is 8.24. The van der Waals surface area contributed by atoms with Crippen LogP contribution in [0.2, 0.25) is 0 Å². The van der Waals surface area contributed by atoms with Gasteiger partial charge >= 0.3 is 0 Å². The van der Waals surface area contributed by atoms with E-state index in [1.54, 1.807) is 0 Å². The highest BCUT2D eigenvalue weighted by Gasteiger charge is 2.42. The summed E-state index contributed by atoms with van der Waals surface area (Å²) in [5.74, 6) is 1.03. The van der Waals surface area contributed by atoms with Gasteiger partial charge in [-0.1, -0.05) is 46.0 Å². The number of imide groups is 1. The van der Waals surface area contributed by atoms with E-state index >= 15 is 0 Å². The number of carbonyl (C=O) groups excluding carboxylic acids is 2. The van der Waals surface area contributed by atoms with E-state index in [-0.39, 0.29) is 17.9 Å². The largest absolute Gasteiger partial charge is 0.272 e. The van der Waals surface area contributed by atoms with Crippen molar-refractivity contribution in [3.63, 3.8) is 0 Å². The third kappa shape index (κ3) is 3.13. The van der Waals surface area contributed by atoms with Crippen LogP contribution in [0.25, 0.3) is 0 Å². The Bertz CT molecular complexity index is 370. The molecule has 1 unspecified atom stereocenters. The van der Waals surface area contributed by atoms with Crippen molar-refractivity contribution in [2.24, 2.45) is 11.8 Å². The fourth-order valence-corrected chi connectivity index (χ4v) is 3.88. The normalized spacial score (nSPS) is 29.7. The van der Waals surface area contributed by atoms with Gasteiger partial charge in [-0.15, -0.1) is 0 Å². The van der Waals surface area contributed by atoms with Gasteiger partial charge in [-0.05, 0) is 31.1 Å². The number of rotatable bonds is 7. The molecule has 0 N–H and O–H groups in total. The average Bonchev–Trinajstić information content (AvgIpc) is 2.97. The molecule has 0 saturated heterocycles. The van der Waals surface area contributed by atoms with Crippen LogP contribution in [-0.4, -0.2) is 22.8 Å². The average molecular weight is 277 g/mol. The predicted molar refractivity (Wildman–Crippen MR) is 80.0 cm³/mol. The van der Waals surface area contributed by atoms with Gasteiger partial charge in [0.15, 0.2) is 0 Å². The van der Waals surface area contributed by atoms with Gasteiger partial charge < -0.3 is 0 Å². The lowest BCUT2D eigenvalue weighted by Gasteiger charge is -2.30. The van der Waals surface area contributed by atoms with E-state index in [0.717, 1.165) is 12.8 Å². The van der Waals surface area contributed by atoms with Gasteiger partial charge in [0.05, 0.1) is 0 Å². The van der Waals surface area contributed by atoms with Crippen LogP contribution in [0.3, 0.4) is 0 Å². The van der Waals surface area contributed by atoms with E-state index in [9.17, 15) is 9.59 Å². The molecule has 0 aromatic heterocycles. The third-order valence-electron chi connectivity index (χ3n) is 4.93. The molecule has 0 spiro atoms. The topological polar surface area (TPSA) is 37.4 Å². The molecule has 1 aliphatic carbocycles. The Labute approximate surface area is 122 Å². The molecule has 20 heavy (non-hydrogen) atoms. The molecule has 1 saturated carbocycles. The molecular formula is C17H27NO2. The lowest BCUT2D eigenvalue weighted by atomic mass is 9.85. The molecule has 3 heteroatoms. The molecule has 3 atom stereocenters. The molecule has 0 bridgehead atoms. The van der Waals surface area contributed by atoms with Crippen LogP contribution in [0.1, 0.15) is 65.2 Å². The van der Waals surface area contributed by atoms with E-state index in [2.05, 4.69) is 13.8 Å². The van der Waals surface area contributed by atoms with Crippen molar-refractivity contribution in [3.8, 4) is 0 Å². The van der Waals surface area contributed by atoms with Crippen LogP contribution in [0, 0.1) is 11.8 Å². The van der Waals surface area contributed by atoms with Crippen LogP contribution in [0.4, 0.5) is 0 Å². The molecule has 1 heterocycles.